The number of hydrogen-bond donors (Lipinski definition) is 1. The Labute approximate surface area is 106 Å². The first kappa shape index (κ1) is 12.6. The lowest BCUT2D eigenvalue weighted by Crippen LogP contribution is -2.40. The van der Waals surface area contributed by atoms with Crippen LogP contribution in [0.4, 0.5) is 0 Å². The van der Waals surface area contributed by atoms with Gasteiger partial charge in [-0.3, -0.25) is 4.79 Å². The lowest BCUT2D eigenvalue weighted by atomic mass is 10.1. The summed E-state index contributed by atoms with van der Waals surface area (Å²) in [5.41, 5.74) is 2.62. The summed E-state index contributed by atoms with van der Waals surface area (Å²) >= 11 is 0. The van der Waals surface area contributed by atoms with Crippen molar-refractivity contribution in [3.05, 3.63) is 34.9 Å². The first-order chi connectivity index (χ1) is 8.49. The molecule has 1 N–H and O–H groups in total. The molecule has 0 aromatic heterocycles. The van der Waals surface area contributed by atoms with E-state index in [0.29, 0.717) is 18.5 Å². The number of carboxylic acids is 1. The van der Waals surface area contributed by atoms with Crippen molar-refractivity contribution in [3.63, 3.8) is 0 Å². The topological polar surface area (TPSA) is 57.6 Å². The zero-order chi connectivity index (χ0) is 13.3. The number of rotatable bonds is 2. The molecular formula is C14H17NO3. The van der Waals surface area contributed by atoms with Gasteiger partial charge in [0.15, 0.2) is 0 Å². The van der Waals surface area contributed by atoms with E-state index in [1.54, 1.807) is 0 Å². The standard InChI is InChI=1S/C14H17NO3/c1-9-6-10(2)8-11(7-9)13(16)15-5-3-4-12(15)14(17)18/h6-8,12H,3-5H2,1-2H3,(H,17,18)/t12-/m1/s1. The Bertz CT molecular complexity index is 476. The summed E-state index contributed by atoms with van der Waals surface area (Å²) in [5, 5.41) is 9.09. The predicted octanol–water partition coefficient (Wildman–Crippen LogP) is 1.99. The number of benzene rings is 1. The van der Waals surface area contributed by atoms with Gasteiger partial charge in [0, 0.05) is 12.1 Å². The summed E-state index contributed by atoms with van der Waals surface area (Å²) in [5.74, 6) is -1.09. The number of likely N-dealkylation sites (tertiary alicyclic amines) is 1. The molecule has 2 rings (SSSR count). The van der Waals surface area contributed by atoms with Crippen LogP contribution in [0.3, 0.4) is 0 Å². The van der Waals surface area contributed by atoms with Gasteiger partial charge in [-0.05, 0) is 38.8 Å². The Morgan fingerprint density at radius 1 is 1.22 bits per heavy atom. The van der Waals surface area contributed by atoms with Crippen LogP contribution >= 0.6 is 0 Å². The van der Waals surface area contributed by atoms with Gasteiger partial charge in [-0.15, -0.1) is 0 Å². The summed E-state index contributed by atoms with van der Waals surface area (Å²) in [4.78, 5) is 24.9. The van der Waals surface area contributed by atoms with Crippen LogP contribution in [0, 0.1) is 13.8 Å². The van der Waals surface area contributed by atoms with E-state index in [1.807, 2.05) is 32.0 Å². The molecule has 1 amide bonds. The molecule has 1 heterocycles. The van der Waals surface area contributed by atoms with Crippen LogP contribution in [0.5, 0.6) is 0 Å². The van der Waals surface area contributed by atoms with Gasteiger partial charge >= 0.3 is 5.97 Å². The van der Waals surface area contributed by atoms with Gasteiger partial charge in [-0.2, -0.15) is 0 Å². The smallest absolute Gasteiger partial charge is 0.326 e. The second-order valence-electron chi connectivity index (χ2n) is 4.87. The van der Waals surface area contributed by atoms with Crippen LogP contribution in [-0.2, 0) is 4.79 Å². The molecule has 1 atom stereocenters. The van der Waals surface area contributed by atoms with Crippen molar-refractivity contribution >= 4 is 11.9 Å². The molecule has 0 unspecified atom stereocenters. The lowest BCUT2D eigenvalue weighted by molar-refractivity contribution is -0.141. The molecule has 96 valence electrons. The second-order valence-corrected chi connectivity index (χ2v) is 4.87. The van der Waals surface area contributed by atoms with Crippen LogP contribution in [0.25, 0.3) is 0 Å². The van der Waals surface area contributed by atoms with Crippen molar-refractivity contribution in [2.75, 3.05) is 6.54 Å². The van der Waals surface area contributed by atoms with E-state index >= 15 is 0 Å². The zero-order valence-electron chi connectivity index (χ0n) is 10.6. The van der Waals surface area contributed by atoms with Crippen molar-refractivity contribution in [1.29, 1.82) is 0 Å². The molecule has 18 heavy (non-hydrogen) atoms. The lowest BCUT2D eigenvalue weighted by Gasteiger charge is -2.21. The molecule has 4 nitrogen and oxygen atoms in total. The van der Waals surface area contributed by atoms with Gasteiger partial charge in [-0.1, -0.05) is 17.2 Å². The van der Waals surface area contributed by atoms with E-state index < -0.39 is 12.0 Å². The molecule has 0 bridgehead atoms. The van der Waals surface area contributed by atoms with Gasteiger partial charge in [-0.25, -0.2) is 4.79 Å². The summed E-state index contributed by atoms with van der Waals surface area (Å²) < 4.78 is 0. The van der Waals surface area contributed by atoms with Crippen LogP contribution < -0.4 is 0 Å². The van der Waals surface area contributed by atoms with Crippen molar-refractivity contribution in [2.45, 2.75) is 32.7 Å². The number of carboxylic acid groups (broad SMARTS) is 1. The molecule has 1 fully saturated rings. The molecule has 0 radical (unpaired) electrons. The van der Waals surface area contributed by atoms with Gasteiger partial charge < -0.3 is 10.0 Å². The molecule has 0 spiro atoms. The maximum Gasteiger partial charge on any atom is 0.326 e. The third kappa shape index (κ3) is 2.37. The highest BCUT2D eigenvalue weighted by atomic mass is 16.4. The Morgan fingerprint density at radius 3 is 2.39 bits per heavy atom. The second kappa shape index (κ2) is 4.80. The van der Waals surface area contributed by atoms with Crippen molar-refractivity contribution in [2.24, 2.45) is 0 Å². The first-order valence-corrected chi connectivity index (χ1v) is 6.11. The SMILES string of the molecule is Cc1cc(C)cc(C(=O)N2CCC[C@@H]2C(=O)O)c1. The van der Waals surface area contributed by atoms with E-state index in [2.05, 4.69) is 0 Å². The first-order valence-electron chi connectivity index (χ1n) is 6.11. The van der Waals surface area contributed by atoms with E-state index in [1.165, 1.54) is 4.90 Å². The van der Waals surface area contributed by atoms with E-state index in [4.69, 9.17) is 5.11 Å². The van der Waals surface area contributed by atoms with Crippen molar-refractivity contribution in [1.82, 2.24) is 4.90 Å². The van der Waals surface area contributed by atoms with Gasteiger partial charge in [0.25, 0.3) is 5.91 Å². The fraction of sp³-hybridized carbons (Fsp3) is 0.429. The molecule has 1 aromatic rings. The number of hydrogen-bond acceptors (Lipinski definition) is 2. The molecule has 1 aliphatic heterocycles. The van der Waals surface area contributed by atoms with E-state index in [0.717, 1.165) is 17.5 Å². The summed E-state index contributed by atoms with van der Waals surface area (Å²) in [6.45, 7) is 4.40. The number of aliphatic carboxylic acids is 1. The summed E-state index contributed by atoms with van der Waals surface area (Å²) in [7, 11) is 0. The molecule has 1 aromatic carbocycles. The van der Waals surface area contributed by atoms with Gasteiger partial charge in [0.05, 0.1) is 0 Å². The highest BCUT2D eigenvalue weighted by Gasteiger charge is 2.34. The fourth-order valence-electron chi connectivity index (χ4n) is 2.53. The van der Waals surface area contributed by atoms with Crippen molar-refractivity contribution in [3.8, 4) is 0 Å². The predicted molar refractivity (Wildman–Crippen MR) is 67.6 cm³/mol. The van der Waals surface area contributed by atoms with Gasteiger partial charge in [0.1, 0.15) is 6.04 Å². The molecule has 0 aliphatic carbocycles. The zero-order valence-corrected chi connectivity index (χ0v) is 10.6. The van der Waals surface area contributed by atoms with Crippen LogP contribution in [-0.4, -0.2) is 34.5 Å². The third-order valence-electron chi connectivity index (χ3n) is 3.27. The molecule has 1 saturated heterocycles. The normalized spacial score (nSPS) is 19.0. The number of carbonyl (C=O) groups is 2. The summed E-state index contributed by atoms with van der Waals surface area (Å²) in [6, 6.07) is 4.95. The average molecular weight is 247 g/mol. The Morgan fingerprint density at radius 2 is 1.83 bits per heavy atom. The highest BCUT2D eigenvalue weighted by Crippen LogP contribution is 2.21. The quantitative estimate of drug-likeness (QED) is 0.869. The Balaban J connectivity index is 2.28. The third-order valence-corrected chi connectivity index (χ3v) is 3.27. The van der Waals surface area contributed by atoms with Crippen LogP contribution in [0.2, 0.25) is 0 Å². The minimum absolute atomic E-state index is 0.174. The number of amides is 1. The maximum absolute atomic E-state index is 12.3. The number of carbonyl (C=O) groups excluding carboxylic acids is 1. The minimum atomic E-state index is -0.912. The molecule has 4 heteroatoms. The highest BCUT2D eigenvalue weighted by molar-refractivity contribution is 5.97. The maximum atomic E-state index is 12.3. The minimum Gasteiger partial charge on any atom is -0.480 e. The largest absolute Gasteiger partial charge is 0.480 e. The average Bonchev–Trinajstić information content (AvgIpc) is 2.75. The molecular weight excluding hydrogens is 230 g/mol. The monoisotopic (exact) mass is 247 g/mol. The van der Waals surface area contributed by atoms with Crippen LogP contribution in [0.1, 0.15) is 34.3 Å². The Kier molecular flexibility index (Phi) is 3.36. The number of nitrogens with zero attached hydrogens (tertiary/aromatic N) is 1. The van der Waals surface area contributed by atoms with Crippen LogP contribution in [0.15, 0.2) is 18.2 Å². The molecule has 1 aliphatic rings. The molecule has 0 saturated carbocycles. The summed E-state index contributed by atoms with van der Waals surface area (Å²) in [6.07, 6.45) is 1.30. The van der Waals surface area contributed by atoms with Crippen molar-refractivity contribution < 1.29 is 14.7 Å². The number of aryl methyl sites for hydroxylation is 2. The Hall–Kier alpha value is -1.84. The fourth-order valence-corrected chi connectivity index (χ4v) is 2.53. The van der Waals surface area contributed by atoms with Gasteiger partial charge in [0.2, 0.25) is 0 Å². The van der Waals surface area contributed by atoms with E-state index in [9.17, 15) is 9.59 Å². The van der Waals surface area contributed by atoms with E-state index in [-0.39, 0.29) is 5.91 Å².